The molecule has 1 atom stereocenters. The molecule has 1 amide bonds. The van der Waals surface area contributed by atoms with E-state index in [-0.39, 0.29) is 35.8 Å². The summed E-state index contributed by atoms with van der Waals surface area (Å²) in [5.41, 5.74) is 7.58. The highest BCUT2D eigenvalue weighted by Gasteiger charge is 2.23. The van der Waals surface area contributed by atoms with E-state index < -0.39 is 0 Å². The van der Waals surface area contributed by atoms with Crippen LogP contribution < -0.4 is 5.73 Å². The van der Waals surface area contributed by atoms with Crippen molar-refractivity contribution in [3.8, 4) is 0 Å². The van der Waals surface area contributed by atoms with Crippen molar-refractivity contribution < 1.29 is 14.0 Å². The lowest BCUT2D eigenvalue weighted by Gasteiger charge is -2.16. The quantitative estimate of drug-likeness (QED) is 0.600. The monoisotopic (exact) mass is 381 g/mol. The summed E-state index contributed by atoms with van der Waals surface area (Å²) < 4.78 is 14.9. The molecule has 0 unspecified atom stereocenters. The maximum Gasteiger partial charge on any atom is 0.220 e. The van der Waals surface area contributed by atoms with Gasteiger partial charge in [-0.2, -0.15) is 5.10 Å². The number of para-hydroxylation sites is 1. The Kier molecular flexibility index (Phi) is 5.87. The molecule has 2 aromatic carbocycles. The van der Waals surface area contributed by atoms with Gasteiger partial charge in [0.25, 0.3) is 0 Å². The fourth-order valence-corrected chi connectivity index (χ4v) is 3.43. The van der Waals surface area contributed by atoms with Crippen LogP contribution in [-0.4, -0.2) is 21.5 Å². The summed E-state index contributed by atoms with van der Waals surface area (Å²) >= 11 is 0. The fourth-order valence-electron chi connectivity index (χ4n) is 3.43. The summed E-state index contributed by atoms with van der Waals surface area (Å²) in [6, 6.07) is 13.7. The Bertz CT molecular complexity index is 993. The number of fused-ring (bicyclic) bond motifs is 1. The Morgan fingerprint density at radius 3 is 2.43 bits per heavy atom. The highest BCUT2D eigenvalue weighted by Crippen LogP contribution is 2.23. The van der Waals surface area contributed by atoms with E-state index in [9.17, 15) is 14.0 Å². The van der Waals surface area contributed by atoms with Crippen LogP contribution >= 0.6 is 0 Å². The van der Waals surface area contributed by atoms with Gasteiger partial charge in [0.15, 0.2) is 5.78 Å². The maximum absolute atomic E-state index is 13.2. The predicted octanol–water partition coefficient (Wildman–Crippen LogP) is 3.94. The van der Waals surface area contributed by atoms with Crippen molar-refractivity contribution in [2.75, 3.05) is 0 Å². The molecule has 5 nitrogen and oxygen atoms in total. The zero-order chi connectivity index (χ0) is 20.3. The first kappa shape index (κ1) is 19.7. The van der Waals surface area contributed by atoms with Crippen LogP contribution in [0.4, 0.5) is 4.39 Å². The smallest absolute Gasteiger partial charge is 0.220 e. The van der Waals surface area contributed by atoms with Gasteiger partial charge < -0.3 is 5.73 Å². The van der Waals surface area contributed by atoms with Crippen LogP contribution in [0.3, 0.4) is 0 Å². The Labute approximate surface area is 163 Å². The van der Waals surface area contributed by atoms with Gasteiger partial charge in [0.05, 0.1) is 12.1 Å². The molecule has 0 bridgehead atoms. The van der Waals surface area contributed by atoms with Crippen LogP contribution in [0.25, 0.3) is 10.9 Å². The summed E-state index contributed by atoms with van der Waals surface area (Å²) in [7, 11) is 0. The molecular weight excluding hydrogens is 357 g/mol. The molecule has 6 heteroatoms. The first-order valence-electron chi connectivity index (χ1n) is 9.39. The molecule has 2 N–H and O–H groups in total. The van der Waals surface area contributed by atoms with Crippen LogP contribution in [0.5, 0.6) is 0 Å². The summed E-state index contributed by atoms with van der Waals surface area (Å²) in [5.74, 6) is -1.04. The minimum absolute atomic E-state index is 0.0816. The third kappa shape index (κ3) is 4.27. The molecule has 0 fully saturated rings. The summed E-state index contributed by atoms with van der Waals surface area (Å²) in [6.45, 7) is 4.28. The van der Waals surface area contributed by atoms with Crippen molar-refractivity contribution in [2.24, 2.45) is 17.6 Å². The minimum atomic E-state index is -0.380. The first-order chi connectivity index (χ1) is 13.4. The molecule has 3 aromatic rings. The predicted molar refractivity (Wildman–Crippen MR) is 106 cm³/mol. The van der Waals surface area contributed by atoms with Crippen molar-refractivity contribution in [3.05, 3.63) is 65.6 Å². The number of ketones is 1. The Hall–Kier alpha value is -3.02. The van der Waals surface area contributed by atoms with Gasteiger partial charge >= 0.3 is 0 Å². The van der Waals surface area contributed by atoms with E-state index in [0.29, 0.717) is 18.7 Å². The second-order valence-electron chi connectivity index (χ2n) is 7.36. The number of rotatable bonds is 8. The molecule has 0 aliphatic rings. The highest BCUT2D eigenvalue weighted by atomic mass is 19.1. The number of amides is 1. The lowest BCUT2D eigenvalue weighted by molar-refractivity contribution is -0.123. The Morgan fingerprint density at radius 1 is 1.11 bits per heavy atom. The average molecular weight is 381 g/mol. The van der Waals surface area contributed by atoms with E-state index in [2.05, 4.69) is 5.10 Å². The largest absolute Gasteiger partial charge is 0.369 e. The Morgan fingerprint density at radius 2 is 1.79 bits per heavy atom. The van der Waals surface area contributed by atoms with Crippen molar-refractivity contribution in [1.29, 1.82) is 0 Å². The van der Waals surface area contributed by atoms with E-state index in [1.807, 2.05) is 38.1 Å². The van der Waals surface area contributed by atoms with Crippen LogP contribution in [0.2, 0.25) is 0 Å². The number of benzene rings is 2. The molecule has 1 heterocycles. The molecule has 3 rings (SSSR count). The normalized spacial score (nSPS) is 12.4. The van der Waals surface area contributed by atoms with Crippen LogP contribution in [-0.2, 0) is 11.3 Å². The zero-order valence-corrected chi connectivity index (χ0v) is 16.1. The van der Waals surface area contributed by atoms with E-state index in [4.69, 9.17) is 5.73 Å². The van der Waals surface area contributed by atoms with Gasteiger partial charge in [0.1, 0.15) is 11.5 Å². The number of aromatic nitrogens is 2. The molecule has 0 aliphatic heterocycles. The first-order valence-corrected chi connectivity index (χ1v) is 9.39. The van der Waals surface area contributed by atoms with Gasteiger partial charge in [-0.25, -0.2) is 4.39 Å². The summed E-state index contributed by atoms with van der Waals surface area (Å²) in [5, 5.41) is 5.30. The molecule has 146 valence electrons. The third-order valence-electron chi connectivity index (χ3n) is 5.02. The molecule has 28 heavy (non-hydrogen) atoms. The molecule has 1 aromatic heterocycles. The number of Topliss-reactive ketones (excluding diaryl/α,β-unsaturated/α-hetero) is 1. The Balaban J connectivity index is 1.86. The van der Waals surface area contributed by atoms with Gasteiger partial charge in [-0.15, -0.1) is 0 Å². The maximum atomic E-state index is 13.2. The average Bonchev–Trinajstić information content (AvgIpc) is 3.02. The lowest BCUT2D eigenvalue weighted by Crippen LogP contribution is -2.28. The molecule has 0 aliphatic carbocycles. The number of hydrogen-bond acceptors (Lipinski definition) is 3. The highest BCUT2D eigenvalue weighted by molar-refractivity contribution is 6.06. The van der Waals surface area contributed by atoms with Crippen molar-refractivity contribution in [1.82, 2.24) is 9.78 Å². The molecule has 0 spiro atoms. The molecule has 0 saturated carbocycles. The summed E-state index contributed by atoms with van der Waals surface area (Å²) in [6.07, 6.45) is 0.619. The topological polar surface area (TPSA) is 78.0 Å². The molecule has 0 saturated heterocycles. The lowest BCUT2D eigenvalue weighted by atomic mass is 9.89. The molecular formula is C22H24FN3O2. The van der Waals surface area contributed by atoms with Gasteiger partial charge in [0.2, 0.25) is 5.91 Å². The number of nitrogens with two attached hydrogens (primary N) is 1. The SMILES string of the molecule is CC(C)[C@H](CCC(=O)c1nn(Cc2ccc(F)cc2)c2ccccc12)C(N)=O. The second kappa shape index (κ2) is 8.33. The number of halogens is 1. The zero-order valence-electron chi connectivity index (χ0n) is 16.1. The molecule has 0 radical (unpaired) electrons. The van der Waals surface area contributed by atoms with Gasteiger partial charge in [-0.3, -0.25) is 14.3 Å². The van der Waals surface area contributed by atoms with Crippen molar-refractivity contribution in [3.63, 3.8) is 0 Å². The minimum Gasteiger partial charge on any atom is -0.369 e. The third-order valence-corrected chi connectivity index (χ3v) is 5.02. The van der Waals surface area contributed by atoms with Crippen LogP contribution in [0.1, 0.15) is 42.7 Å². The van der Waals surface area contributed by atoms with Crippen LogP contribution in [0.15, 0.2) is 48.5 Å². The van der Waals surface area contributed by atoms with Crippen molar-refractivity contribution in [2.45, 2.75) is 33.2 Å². The van der Waals surface area contributed by atoms with Gasteiger partial charge in [0, 0.05) is 17.7 Å². The van der Waals surface area contributed by atoms with Gasteiger partial charge in [-0.1, -0.05) is 44.2 Å². The second-order valence-corrected chi connectivity index (χ2v) is 7.36. The van der Waals surface area contributed by atoms with E-state index >= 15 is 0 Å². The van der Waals surface area contributed by atoms with E-state index in [1.165, 1.54) is 12.1 Å². The standard InChI is InChI=1S/C22H24FN3O2/c1-14(2)17(22(24)28)11-12-20(27)21-18-5-3-4-6-19(18)26(25-21)13-15-7-9-16(23)10-8-15/h3-10,14,17H,11-13H2,1-2H3,(H2,24,28)/t17-/m0/s1. The number of carbonyl (C=O) groups excluding carboxylic acids is 2. The number of primary amides is 1. The van der Waals surface area contributed by atoms with E-state index in [1.54, 1.807) is 16.8 Å². The number of nitrogens with zero attached hydrogens (tertiary/aromatic N) is 2. The van der Waals surface area contributed by atoms with E-state index in [0.717, 1.165) is 16.5 Å². The number of carbonyl (C=O) groups is 2. The van der Waals surface area contributed by atoms with Gasteiger partial charge in [-0.05, 0) is 36.1 Å². The summed E-state index contributed by atoms with van der Waals surface area (Å²) in [4.78, 5) is 24.4. The van der Waals surface area contributed by atoms with Crippen LogP contribution in [0, 0.1) is 17.7 Å². The number of hydrogen-bond donors (Lipinski definition) is 1. The fraction of sp³-hybridized carbons (Fsp3) is 0.318. The van der Waals surface area contributed by atoms with Crippen molar-refractivity contribution >= 4 is 22.6 Å².